The van der Waals surface area contributed by atoms with Gasteiger partial charge in [-0.1, -0.05) is 0 Å². The van der Waals surface area contributed by atoms with E-state index in [2.05, 4.69) is 22.9 Å². The Kier molecular flexibility index (Phi) is 2.98. The standard InChI is InChI=1S/C8H15N3OS/c1-9-8(12)6-5-7(13(3)4)10-11(6)2/h5,13H,1-4H3,(H,9,12). The number of carbonyl (C=O) groups excluding carboxylic acids is 1. The summed E-state index contributed by atoms with van der Waals surface area (Å²) in [5.74, 6) is -0.0851. The molecule has 1 heterocycles. The van der Waals surface area contributed by atoms with Crippen molar-refractivity contribution in [2.45, 2.75) is 5.03 Å². The molecule has 0 radical (unpaired) electrons. The summed E-state index contributed by atoms with van der Waals surface area (Å²) in [6, 6.07) is 1.85. The van der Waals surface area contributed by atoms with Crippen LogP contribution in [0.25, 0.3) is 0 Å². The van der Waals surface area contributed by atoms with Crippen LogP contribution < -0.4 is 5.32 Å². The molecule has 0 fully saturated rings. The van der Waals surface area contributed by atoms with Crippen LogP contribution in [0.5, 0.6) is 0 Å². The number of hydrogen-bond acceptors (Lipinski definition) is 2. The smallest absolute Gasteiger partial charge is 0.269 e. The molecular formula is C8H15N3OS. The molecule has 5 heteroatoms. The van der Waals surface area contributed by atoms with Crippen molar-refractivity contribution < 1.29 is 4.79 Å². The van der Waals surface area contributed by atoms with Crippen molar-refractivity contribution in [3.05, 3.63) is 11.8 Å². The first-order valence-electron chi connectivity index (χ1n) is 3.99. The van der Waals surface area contributed by atoms with E-state index >= 15 is 0 Å². The second kappa shape index (κ2) is 3.83. The number of rotatable bonds is 2. The Morgan fingerprint density at radius 3 is 2.62 bits per heavy atom. The number of hydrogen-bond donors (Lipinski definition) is 2. The first-order chi connectivity index (χ1) is 6.06. The van der Waals surface area contributed by atoms with Crippen LogP contribution in [0.1, 0.15) is 10.5 Å². The second-order valence-electron chi connectivity index (χ2n) is 2.98. The van der Waals surface area contributed by atoms with E-state index in [1.54, 1.807) is 18.8 Å². The maximum Gasteiger partial charge on any atom is 0.269 e. The van der Waals surface area contributed by atoms with Crippen LogP contribution in [0, 0.1) is 0 Å². The van der Waals surface area contributed by atoms with E-state index in [4.69, 9.17) is 0 Å². The van der Waals surface area contributed by atoms with E-state index in [-0.39, 0.29) is 16.8 Å². The highest BCUT2D eigenvalue weighted by Crippen LogP contribution is 2.26. The largest absolute Gasteiger partial charge is 0.354 e. The quantitative estimate of drug-likeness (QED) is 0.680. The van der Waals surface area contributed by atoms with E-state index in [1.807, 2.05) is 6.07 Å². The second-order valence-corrected chi connectivity index (χ2v) is 5.23. The predicted molar refractivity (Wildman–Crippen MR) is 55.7 cm³/mol. The van der Waals surface area contributed by atoms with Crippen LogP contribution in [0.4, 0.5) is 0 Å². The van der Waals surface area contributed by atoms with Crippen molar-refractivity contribution in [3.8, 4) is 0 Å². The van der Waals surface area contributed by atoms with Crippen molar-refractivity contribution in [2.24, 2.45) is 7.05 Å². The van der Waals surface area contributed by atoms with Gasteiger partial charge in [0, 0.05) is 20.2 Å². The SMILES string of the molecule is CNC(=O)c1cc([SH](C)C)nn1C. The fourth-order valence-corrected chi connectivity index (χ4v) is 1.70. The summed E-state index contributed by atoms with van der Waals surface area (Å²) >= 11 is 0. The Balaban J connectivity index is 3.03. The molecule has 0 aromatic carbocycles. The molecule has 1 N–H and O–H groups in total. The normalized spacial score (nSPS) is 11.2. The van der Waals surface area contributed by atoms with Gasteiger partial charge in [-0.05, 0) is 12.5 Å². The summed E-state index contributed by atoms with van der Waals surface area (Å²) < 4.78 is 1.62. The molecule has 1 aromatic heterocycles. The van der Waals surface area contributed by atoms with Gasteiger partial charge in [-0.2, -0.15) is 5.10 Å². The maximum atomic E-state index is 11.3. The van der Waals surface area contributed by atoms with Gasteiger partial charge in [-0.15, -0.1) is 0 Å². The molecule has 1 aromatic rings. The number of amides is 1. The van der Waals surface area contributed by atoms with E-state index in [0.29, 0.717) is 5.69 Å². The van der Waals surface area contributed by atoms with Gasteiger partial charge in [0.1, 0.15) is 5.69 Å². The van der Waals surface area contributed by atoms with Crippen molar-refractivity contribution in [1.82, 2.24) is 15.1 Å². The van der Waals surface area contributed by atoms with E-state index in [0.717, 1.165) is 5.03 Å². The Morgan fingerprint density at radius 2 is 2.23 bits per heavy atom. The van der Waals surface area contributed by atoms with Crippen molar-refractivity contribution in [3.63, 3.8) is 0 Å². The Morgan fingerprint density at radius 1 is 1.62 bits per heavy atom. The van der Waals surface area contributed by atoms with Gasteiger partial charge in [0.15, 0.2) is 0 Å². The summed E-state index contributed by atoms with van der Waals surface area (Å²) in [4.78, 5) is 11.3. The maximum absolute atomic E-state index is 11.3. The zero-order valence-electron chi connectivity index (χ0n) is 8.33. The summed E-state index contributed by atoms with van der Waals surface area (Å²) in [7, 11) is 3.17. The van der Waals surface area contributed by atoms with Gasteiger partial charge in [-0.3, -0.25) is 9.48 Å². The fourth-order valence-electron chi connectivity index (χ4n) is 1.01. The molecular weight excluding hydrogens is 186 g/mol. The molecule has 0 saturated carbocycles. The lowest BCUT2D eigenvalue weighted by molar-refractivity contribution is 0.0954. The van der Waals surface area contributed by atoms with Crippen LogP contribution in [0.2, 0.25) is 0 Å². The highest BCUT2D eigenvalue weighted by molar-refractivity contribution is 8.15. The molecule has 1 rings (SSSR count). The number of nitrogens with one attached hydrogen (secondary N) is 1. The van der Waals surface area contributed by atoms with Crippen molar-refractivity contribution in [1.29, 1.82) is 0 Å². The monoisotopic (exact) mass is 201 g/mol. The predicted octanol–water partition coefficient (Wildman–Crippen LogP) is 0.399. The Labute approximate surface area is 80.7 Å². The van der Waals surface area contributed by atoms with Gasteiger partial charge >= 0.3 is 0 Å². The Bertz CT molecular complexity index is 319. The average molecular weight is 201 g/mol. The number of aromatic nitrogens is 2. The molecule has 13 heavy (non-hydrogen) atoms. The molecule has 1 amide bonds. The minimum atomic E-state index is -0.233. The van der Waals surface area contributed by atoms with Crippen LogP contribution >= 0.6 is 10.9 Å². The minimum Gasteiger partial charge on any atom is -0.354 e. The zero-order valence-corrected chi connectivity index (χ0v) is 9.22. The molecule has 0 bridgehead atoms. The lowest BCUT2D eigenvalue weighted by atomic mass is 10.4. The van der Waals surface area contributed by atoms with Gasteiger partial charge < -0.3 is 5.32 Å². The molecule has 0 aliphatic carbocycles. The minimum absolute atomic E-state index is 0.0851. The molecule has 0 unspecified atom stereocenters. The van der Waals surface area contributed by atoms with Crippen LogP contribution in [0.15, 0.2) is 11.1 Å². The first kappa shape index (κ1) is 10.1. The van der Waals surface area contributed by atoms with Gasteiger partial charge in [0.05, 0.1) is 5.03 Å². The lowest BCUT2D eigenvalue weighted by Gasteiger charge is -2.01. The third-order valence-corrected chi connectivity index (χ3v) is 2.92. The summed E-state index contributed by atoms with van der Waals surface area (Å²) in [5.41, 5.74) is 0.619. The third-order valence-electron chi connectivity index (χ3n) is 1.78. The molecule has 4 nitrogen and oxygen atoms in total. The van der Waals surface area contributed by atoms with Crippen molar-refractivity contribution >= 4 is 16.8 Å². The Hall–Kier alpha value is -0.970. The highest BCUT2D eigenvalue weighted by Gasteiger charge is 2.11. The molecule has 0 saturated heterocycles. The highest BCUT2D eigenvalue weighted by atomic mass is 32.2. The fraction of sp³-hybridized carbons (Fsp3) is 0.500. The van der Waals surface area contributed by atoms with Gasteiger partial charge in [0.2, 0.25) is 0 Å². The molecule has 0 atom stereocenters. The van der Waals surface area contributed by atoms with Crippen LogP contribution in [-0.2, 0) is 7.05 Å². The van der Waals surface area contributed by atoms with E-state index in [9.17, 15) is 4.79 Å². The topological polar surface area (TPSA) is 46.9 Å². The third kappa shape index (κ3) is 2.03. The lowest BCUT2D eigenvalue weighted by Crippen LogP contribution is -2.20. The van der Waals surface area contributed by atoms with Gasteiger partial charge in [0.25, 0.3) is 5.91 Å². The van der Waals surface area contributed by atoms with Crippen LogP contribution in [-0.4, -0.2) is 35.2 Å². The van der Waals surface area contributed by atoms with Gasteiger partial charge in [-0.25, -0.2) is 10.9 Å². The number of aryl methyl sites for hydroxylation is 1. The number of nitrogens with zero attached hydrogens (tertiary/aromatic N) is 2. The molecule has 0 aliphatic rings. The number of carbonyl (C=O) groups is 1. The van der Waals surface area contributed by atoms with E-state index < -0.39 is 0 Å². The van der Waals surface area contributed by atoms with Crippen molar-refractivity contribution in [2.75, 3.05) is 19.6 Å². The summed E-state index contributed by atoms with van der Waals surface area (Å²) in [6.07, 6.45) is 4.23. The molecule has 0 aliphatic heterocycles. The number of thiol groups is 1. The summed E-state index contributed by atoms with van der Waals surface area (Å²) in [5, 5.41) is 7.86. The average Bonchev–Trinajstić information content (AvgIpc) is 2.46. The van der Waals surface area contributed by atoms with Crippen LogP contribution in [0.3, 0.4) is 0 Å². The molecule has 0 spiro atoms. The zero-order chi connectivity index (χ0) is 10.0. The first-order valence-corrected chi connectivity index (χ1v) is 6.23. The summed E-state index contributed by atoms with van der Waals surface area (Å²) in [6.45, 7) is 0. The van der Waals surface area contributed by atoms with E-state index in [1.165, 1.54) is 0 Å². The molecule has 74 valence electrons.